The van der Waals surface area contributed by atoms with Gasteiger partial charge in [0, 0.05) is 36.5 Å². The highest BCUT2D eigenvalue weighted by Crippen LogP contribution is 2.48. The summed E-state index contributed by atoms with van der Waals surface area (Å²) in [4.78, 5) is 28.1. The lowest BCUT2D eigenvalue weighted by molar-refractivity contribution is -0.0327. The maximum atomic E-state index is 13.1. The van der Waals surface area contributed by atoms with Crippen LogP contribution in [0.5, 0.6) is 0 Å². The average Bonchev–Trinajstić information content (AvgIpc) is 3.15. The van der Waals surface area contributed by atoms with Gasteiger partial charge in [-0.3, -0.25) is 9.78 Å². The number of hydrogen-bond acceptors (Lipinski definition) is 4. The SMILES string of the molecule is CC1(C)CN(C(=O)c2ccnc(C3CCCC3)n2)C1c1ccncc1. The molecule has 0 bridgehead atoms. The molecule has 25 heavy (non-hydrogen) atoms. The molecule has 130 valence electrons. The lowest BCUT2D eigenvalue weighted by Crippen LogP contribution is -2.58. The van der Waals surface area contributed by atoms with E-state index in [9.17, 15) is 4.79 Å². The Bertz CT molecular complexity index is 768. The number of nitrogens with zero attached hydrogens (tertiary/aromatic N) is 4. The fourth-order valence-electron chi connectivity index (χ4n) is 4.31. The van der Waals surface area contributed by atoms with Gasteiger partial charge in [0.2, 0.25) is 0 Å². The van der Waals surface area contributed by atoms with E-state index >= 15 is 0 Å². The summed E-state index contributed by atoms with van der Waals surface area (Å²) in [6.45, 7) is 5.14. The van der Waals surface area contributed by atoms with Crippen molar-refractivity contribution in [3.63, 3.8) is 0 Å². The molecular weight excluding hydrogens is 312 g/mol. The normalized spacial score (nSPS) is 22.6. The standard InChI is InChI=1S/C20H24N4O/c1-20(2)13-24(17(20)14-7-10-21-11-8-14)19(25)16-9-12-22-18(23-16)15-5-3-4-6-15/h7-12,15,17H,3-6,13H2,1-2H3. The van der Waals surface area contributed by atoms with Gasteiger partial charge in [-0.25, -0.2) is 9.97 Å². The molecule has 4 rings (SSSR count). The summed E-state index contributed by atoms with van der Waals surface area (Å²) < 4.78 is 0. The summed E-state index contributed by atoms with van der Waals surface area (Å²) in [6.07, 6.45) is 10.0. The number of carbonyl (C=O) groups is 1. The van der Waals surface area contributed by atoms with Crippen molar-refractivity contribution < 1.29 is 4.79 Å². The fourth-order valence-corrected chi connectivity index (χ4v) is 4.31. The van der Waals surface area contributed by atoms with Crippen molar-refractivity contribution in [2.45, 2.75) is 51.5 Å². The number of carbonyl (C=O) groups excluding carboxylic acids is 1. The van der Waals surface area contributed by atoms with Crippen LogP contribution in [0.2, 0.25) is 0 Å². The molecule has 0 radical (unpaired) electrons. The quantitative estimate of drug-likeness (QED) is 0.856. The first kappa shape index (κ1) is 16.2. The Hall–Kier alpha value is -2.30. The number of hydrogen-bond donors (Lipinski definition) is 0. The molecule has 1 saturated carbocycles. The Labute approximate surface area is 148 Å². The summed E-state index contributed by atoms with van der Waals surface area (Å²) in [5.74, 6) is 1.25. The van der Waals surface area contributed by atoms with Gasteiger partial charge in [0.05, 0.1) is 6.04 Å². The van der Waals surface area contributed by atoms with Crippen molar-refractivity contribution in [2.75, 3.05) is 6.54 Å². The van der Waals surface area contributed by atoms with Crippen LogP contribution in [0.4, 0.5) is 0 Å². The smallest absolute Gasteiger partial charge is 0.273 e. The molecule has 1 unspecified atom stereocenters. The van der Waals surface area contributed by atoms with Crippen molar-refractivity contribution in [3.05, 3.63) is 53.9 Å². The van der Waals surface area contributed by atoms with E-state index in [0.29, 0.717) is 11.6 Å². The Morgan fingerprint density at radius 3 is 2.52 bits per heavy atom. The van der Waals surface area contributed by atoms with Crippen LogP contribution in [-0.4, -0.2) is 32.3 Å². The molecular formula is C20H24N4O. The highest BCUT2D eigenvalue weighted by Gasteiger charge is 2.49. The first-order chi connectivity index (χ1) is 12.1. The van der Waals surface area contributed by atoms with Gasteiger partial charge in [0.15, 0.2) is 0 Å². The van der Waals surface area contributed by atoms with Crippen LogP contribution >= 0.6 is 0 Å². The van der Waals surface area contributed by atoms with Crippen molar-refractivity contribution in [1.29, 1.82) is 0 Å². The molecule has 2 aliphatic rings. The summed E-state index contributed by atoms with van der Waals surface area (Å²) in [5.41, 5.74) is 1.70. The molecule has 2 aromatic rings. The second-order valence-corrected chi connectivity index (χ2v) is 7.89. The maximum absolute atomic E-state index is 13.1. The van der Waals surface area contributed by atoms with Crippen molar-refractivity contribution >= 4 is 5.91 Å². The van der Waals surface area contributed by atoms with Crippen molar-refractivity contribution in [1.82, 2.24) is 19.9 Å². The Balaban J connectivity index is 1.59. The van der Waals surface area contributed by atoms with E-state index < -0.39 is 0 Å². The molecule has 2 aromatic heterocycles. The number of amides is 1. The topological polar surface area (TPSA) is 59.0 Å². The van der Waals surface area contributed by atoms with Crippen LogP contribution in [0.3, 0.4) is 0 Å². The van der Waals surface area contributed by atoms with Crippen molar-refractivity contribution in [3.8, 4) is 0 Å². The van der Waals surface area contributed by atoms with E-state index in [0.717, 1.165) is 30.8 Å². The van der Waals surface area contributed by atoms with Gasteiger partial charge in [0.1, 0.15) is 11.5 Å². The molecule has 1 atom stereocenters. The summed E-state index contributed by atoms with van der Waals surface area (Å²) in [7, 11) is 0. The minimum Gasteiger partial charge on any atom is -0.329 e. The first-order valence-electron chi connectivity index (χ1n) is 9.10. The molecule has 0 spiro atoms. The fraction of sp³-hybridized carbons (Fsp3) is 0.500. The molecule has 3 heterocycles. The van der Waals surface area contributed by atoms with E-state index in [4.69, 9.17) is 0 Å². The lowest BCUT2D eigenvalue weighted by Gasteiger charge is -2.54. The number of rotatable bonds is 3. The minimum atomic E-state index is 0.00258. The maximum Gasteiger partial charge on any atom is 0.273 e. The molecule has 0 aromatic carbocycles. The molecule has 2 fully saturated rings. The highest BCUT2D eigenvalue weighted by atomic mass is 16.2. The number of likely N-dealkylation sites (tertiary alicyclic amines) is 1. The Morgan fingerprint density at radius 2 is 1.84 bits per heavy atom. The van der Waals surface area contributed by atoms with Gasteiger partial charge < -0.3 is 4.90 Å². The molecule has 1 aliphatic carbocycles. The Kier molecular flexibility index (Phi) is 4.02. The van der Waals surface area contributed by atoms with Crippen LogP contribution < -0.4 is 0 Å². The number of aromatic nitrogens is 3. The van der Waals surface area contributed by atoms with E-state index in [1.54, 1.807) is 24.7 Å². The second kappa shape index (κ2) is 6.21. The molecule has 1 amide bonds. The summed E-state index contributed by atoms with van der Waals surface area (Å²) >= 11 is 0. The van der Waals surface area contributed by atoms with Gasteiger partial charge in [-0.05, 0) is 36.6 Å². The van der Waals surface area contributed by atoms with E-state index in [2.05, 4.69) is 28.8 Å². The number of pyridine rings is 1. The van der Waals surface area contributed by atoms with Crippen LogP contribution in [0, 0.1) is 5.41 Å². The second-order valence-electron chi connectivity index (χ2n) is 7.89. The zero-order chi connectivity index (χ0) is 17.4. The zero-order valence-corrected chi connectivity index (χ0v) is 14.9. The molecule has 5 heteroatoms. The van der Waals surface area contributed by atoms with Crippen LogP contribution in [0.25, 0.3) is 0 Å². The average molecular weight is 336 g/mol. The van der Waals surface area contributed by atoms with E-state index in [1.165, 1.54) is 12.8 Å². The van der Waals surface area contributed by atoms with Crippen LogP contribution in [0.15, 0.2) is 36.8 Å². The molecule has 0 N–H and O–H groups in total. The van der Waals surface area contributed by atoms with E-state index in [-0.39, 0.29) is 17.4 Å². The third-order valence-corrected chi connectivity index (χ3v) is 5.53. The predicted molar refractivity (Wildman–Crippen MR) is 95.0 cm³/mol. The third-order valence-electron chi connectivity index (χ3n) is 5.53. The highest BCUT2D eigenvalue weighted by molar-refractivity contribution is 5.93. The summed E-state index contributed by atoms with van der Waals surface area (Å²) in [5, 5.41) is 0. The van der Waals surface area contributed by atoms with Gasteiger partial charge in [-0.1, -0.05) is 26.7 Å². The van der Waals surface area contributed by atoms with Gasteiger partial charge >= 0.3 is 0 Å². The van der Waals surface area contributed by atoms with Crippen LogP contribution in [0.1, 0.15) is 73.4 Å². The minimum absolute atomic E-state index is 0.00258. The monoisotopic (exact) mass is 336 g/mol. The Morgan fingerprint density at radius 1 is 1.12 bits per heavy atom. The van der Waals surface area contributed by atoms with E-state index in [1.807, 2.05) is 17.0 Å². The molecule has 1 aliphatic heterocycles. The zero-order valence-electron chi connectivity index (χ0n) is 14.9. The van der Waals surface area contributed by atoms with Crippen molar-refractivity contribution in [2.24, 2.45) is 5.41 Å². The van der Waals surface area contributed by atoms with Crippen LogP contribution in [-0.2, 0) is 0 Å². The van der Waals surface area contributed by atoms with Gasteiger partial charge in [0.25, 0.3) is 5.91 Å². The van der Waals surface area contributed by atoms with Gasteiger partial charge in [-0.2, -0.15) is 0 Å². The first-order valence-corrected chi connectivity index (χ1v) is 9.10. The lowest BCUT2D eigenvalue weighted by atomic mass is 9.71. The molecule has 5 nitrogen and oxygen atoms in total. The largest absolute Gasteiger partial charge is 0.329 e. The summed E-state index contributed by atoms with van der Waals surface area (Å²) in [6, 6.07) is 5.80. The predicted octanol–water partition coefficient (Wildman–Crippen LogP) is 3.75. The third kappa shape index (κ3) is 2.92. The van der Waals surface area contributed by atoms with Gasteiger partial charge in [-0.15, -0.1) is 0 Å². The molecule has 1 saturated heterocycles.